The highest BCUT2D eigenvalue weighted by molar-refractivity contribution is 6.46. The standard InChI is InChI=1S/C23H16FN3O5/c24-16-9-7-14(8-10-16)13-26-20(18-6-1-2-11-25-18)19(22(29)23(26)30)21(28)15-4-3-5-17(12-15)27(31)32/h1-12,20,28H,13H2/b21-19-. The van der Waals surface area contributed by atoms with Gasteiger partial charge in [-0.05, 0) is 29.8 Å². The third kappa shape index (κ3) is 3.83. The lowest BCUT2D eigenvalue weighted by Crippen LogP contribution is -2.29. The first-order valence-electron chi connectivity index (χ1n) is 9.55. The number of aromatic nitrogens is 1. The van der Waals surface area contributed by atoms with Crippen LogP contribution in [-0.2, 0) is 16.1 Å². The Bertz CT molecular complexity index is 1240. The number of carbonyl (C=O) groups excluding carboxylic acids is 2. The highest BCUT2D eigenvalue weighted by atomic mass is 19.1. The normalized spacial score (nSPS) is 17.5. The molecule has 0 aliphatic carbocycles. The number of amides is 1. The van der Waals surface area contributed by atoms with Gasteiger partial charge in [-0.15, -0.1) is 0 Å². The minimum Gasteiger partial charge on any atom is -0.507 e. The smallest absolute Gasteiger partial charge is 0.296 e. The zero-order chi connectivity index (χ0) is 22.8. The minimum atomic E-state index is -1.03. The van der Waals surface area contributed by atoms with E-state index >= 15 is 0 Å². The third-order valence-electron chi connectivity index (χ3n) is 5.10. The van der Waals surface area contributed by atoms with Gasteiger partial charge in [-0.2, -0.15) is 0 Å². The van der Waals surface area contributed by atoms with Gasteiger partial charge in [0.05, 0.1) is 16.2 Å². The number of rotatable bonds is 5. The van der Waals surface area contributed by atoms with Gasteiger partial charge in [0.1, 0.15) is 17.6 Å². The lowest BCUT2D eigenvalue weighted by molar-refractivity contribution is -0.384. The summed E-state index contributed by atoms with van der Waals surface area (Å²) in [6, 6.07) is 14.5. The summed E-state index contributed by atoms with van der Waals surface area (Å²) in [6.07, 6.45) is 1.49. The largest absolute Gasteiger partial charge is 0.507 e. The number of nitro groups is 1. The number of hydrogen-bond acceptors (Lipinski definition) is 6. The molecule has 1 unspecified atom stereocenters. The Kier molecular flexibility index (Phi) is 5.46. The van der Waals surface area contributed by atoms with Crippen molar-refractivity contribution in [3.63, 3.8) is 0 Å². The fourth-order valence-corrected chi connectivity index (χ4v) is 3.60. The van der Waals surface area contributed by atoms with Gasteiger partial charge < -0.3 is 10.0 Å². The van der Waals surface area contributed by atoms with Crippen molar-refractivity contribution in [3.05, 3.63) is 111 Å². The molecule has 2 heterocycles. The second kappa shape index (κ2) is 8.38. The van der Waals surface area contributed by atoms with Gasteiger partial charge in [-0.3, -0.25) is 24.7 Å². The van der Waals surface area contributed by atoms with E-state index in [0.29, 0.717) is 11.3 Å². The molecule has 0 bridgehead atoms. The summed E-state index contributed by atoms with van der Waals surface area (Å²) < 4.78 is 13.3. The molecular weight excluding hydrogens is 417 g/mol. The van der Waals surface area contributed by atoms with E-state index in [0.717, 1.165) is 6.07 Å². The Balaban J connectivity index is 1.85. The zero-order valence-corrected chi connectivity index (χ0v) is 16.5. The van der Waals surface area contributed by atoms with Crippen LogP contribution >= 0.6 is 0 Å². The Morgan fingerprint density at radius 1 is 1.09 bits per heavy atom. The molecule has 1 fully saturated rings. The molecule has 1 aliphatic rings. The molecule has 1 aliphatic heterocycles. The third-order valence-corrected chi connectivity index (χ3v) is 5.10. The molecule has 8 nitrogen and oxygen atoms in total. The van der Waals surface area contributed by atoms with Gasteiger partial charge in [0.25, 0.3) is 17.4 Å². The first kappa shape index (κ1) is 20.9. The molecule has 4 rings (SSSR count). The van der Waals surface area contributed by atoms with E-state index in [1.54, 1.807) is 18.2 Å². The average Bonchev–Trinajstić information content (AvgIpc) is 3.05. The van der Waals surface area contributed by atoms with Crippen LogP contribution in [0.4, 0.5) is 10.1 Å². The van der Waals surface area contributed by atoms with Gasteiger partial charge in [-0.25, -0.2) is 4.39 Å². The van der Waals surface area contributed by atoms with Crippen LogP contribution in [0, 0.1) is 15.9 Å². The van der Waals surface area contributed by atoms with Crippen LogP contribution in [0.5, 0.6) is 0 Å². The first-order valence-corrected chi connectivity index (χ1v) is 9.55. The van der Waals surface area contributed by atoms with E-state index in [4.69, 9.17) is 0 Å². The van der Waals surface area contributed by atoms with Crippen LogP contribution < -0.4 is 0 Å². The topological polar surface area (TPSA) is 114 Å². The number of likely N-dealkylation sites (tertiary alicyclic amines) is 1. The monoisotopic (exact) mass is 433 g/mol. The first-order chi connectivity index (χ1) is 15.4. The number of pyridine rings is 1. The molecule has 2 aromatic carbocycles. The maximum Gasteiger partial charge on any atom is 0.296 e. The molecule has 0 saturated carbocycles. The number of non-ortho nitro benzene ring substituents is 1. The van der Waals surface area contributed by atoms with Crippen molar-refractivity contribution in [1.29, 1.82) is 0 Å². The molecule has 1 aromatic heterocycles. The van der Waals surface area contributed by atoms with Crippen molar-refractivity contribution in [3.8, 4) is 0 Å². The van der Waals surface area contributed by atoms with Crippen molar-refractivity contribution >= 4 is 23.1 Å². The van der Waals surface area contributed by atoms with Crippen LogP contribution in [-0.4, -0.2) is 31.6 Å². The Morgan fingerprint density at radius 2 is 1.84 bits per heavy atom. The number of carbonyl (C=O) groups is 2. The summed E-state index contributed by atoms with van der Waals surface area (Å²) in [5, 5.41) is 22.1. The quantitative estimate of drug-likeness (QED) is 0.216. The fraction of sp³-hybridized carbons (Fsp3) is 0.0870. The number of aliphatic hydroxyl groups excluding tert-OH is 1. The molecule has 0 radical (unpaired) electrons. The van der Waals surface area contributed by atoms with E-state index in [2.05, 4.69) is 4.98 Å². The molecule has 160 valence electrons. The summed E-state index contributed by atoms with van der Waals surface area (Å²) in [4.78, 5) is 41.8. The summed E-state index contributed by atoms with van der Waals surface area (Å²) >= 11 is 0. The highest BCUT2D eigenvalue weighted by Crippen LogP contribution is 2.39. The zero-order valence-electron chi connectivity index (χ0n) is 16.5. The van der Waals surface area contributed by atoms with Crippen molar-refractivity contribution in [2.45, 2.75) is 12.6 Å². The van der Waals surface area contributed by atoms with Gasteiger partial charge in [0, 0.05) is 30.4 Å². The molecule has 0 spiro atoms. The van der Waals surface area contributed by atoms with Crippen LogP contribution in [0.3, 0.4) is 0 Å². The maximum absolute atomic E-state index is 13.3. The SMILES string of the molecule is O=C1C(=O)N(Cc2ccc(F)cc2)C(c2ccccn2)/C1=C(/O)c1cccc([N+](=O)[O-])c1. The van der Waals surface area contributed by atoms with Gasteiger partial charge in [0.2, 0.25) is 0 Å². The predicted molar refractivity (Wildman–Crippen MR) is 112 cm³/mol. The lowest BCUT2D eigenvalue weighted by Gasteiger charge is -2.24. The number of hydrogen-bond donors (Lipinski definition) is 1. The highest BCUT2D eigenvalue weighted by Gasteiger charge is 2.46. The number of nitro benzene ring substituents is 1. The predicted octanol–water partition coefficient (Wildman–Crippen LogP) is 3.75. The van der Waals surface area contributed by atoms with E-state index < -0.39 is 34.2 Å². The van der Waals surface area contributed by atoms with Crippen molar-refractivity contribution in [1.82, 2.24) is 9.88 Å². The number of halogens is 1. The molecule has 9 heteroatoms. The van der Waals surface area contributed by atoms with E-state index in [9.17, 15) is 29.2 Å². The van der Waals surface area contributed by atoms with Crippen LogP contribution in [0.1, 0.15) is 22.9 Å². The maximum atomic E-state index is 13.3. The second-order valence-electron chi connectivity index (χ2n) is 7.12. The number of aliphatic hydroxyl groups is 1. The molecule has 32 heavy (non-hydrogen) atoms. The lowest BCUT2D eigenvalue weighted by atomic mass is 9.98. The summed E-state index contributed by atoms with van der Waals surface area (Å²) in [6.45, 7) is -0.0299. The number of nitrogens with zero attached hydrogens (tertiary/aromatic N) is 3. The molecule has 3 aromatic rings. The number of ketones is 1. The molecule has 1 atom stereocenters. The van der Waals surface area contributed by atoms with E-state index in [-0.39, 0.29) is 23.4 Å². The number of benzene rings is 2. The van der Waals surface area contributed by atoms with Crippen molar-refractivity contribution in [2.24, 2.45) is 0 Å². The average molecular weight is 433 g/mol. The van der Waals surface area contributed by atoms with Crippen LogP contribution in [0.15, 0.2) is 78.5 Å². The fourth-order valence-electron chi connectivity index (χ4n) is 3.60. The summed E-state index contributed by atoms with van der Waals surface area (Å²) in [5.41, 5.74) is 0.436. The summed E-state index contributed by atoms with van der Waals surface area (Å²) in [7, 11) is 0. The van der Waals surface area contributed by atoms with Gasteiger partial charge in [0.15, 0.2) is 0 Å². The van der Waals surface area contributed by atoms with Crippen molar-refractivity contribution < 1.29 is 24.0 Å². The van der Waals surface area contributed by atoms with Crippen LogP contribution in [0.25, 0.3) is 5.76 Å². The summed E-state index contributed by atoms with van der Waals surface area (Å²) in [5.74, 6) is -2.78. The molecular formula is C23H16FN3O5. The van der Waals surface area contributed by atoms with Gasteiger partial charge >= 0.3 is 0 Å². The number of Topliss-reactive ketones (excluding diaryl/α,β-unsaturated/α-hetero) is 1. The van der Waals surface area contributed by atoms with E-state index in [1.807, 2.05) is 0 Å². The van der Waals surface area contributed by atoms with Gasteiger partial charge in [-0.1, -0.05) is 30.3 Å². The Labute approximate surface area is 181 Å². The minimum absolute atomic E-state index is 0.0277. The van der Waals surface area contributed by atoms with E-state index in [1.165, 1.54) is 53.6 Å². The Morgan fingerprint density at radius 3 is 2.50 bits per heavy atom. The molecule has 1 N–H and O–H groups in total. The second-order valence-corrected chi connectivity index (χ2v) is 7.12. The van der Waals surface area contributed by atoms with Crippen LogP contribution in [0.2, 0.25) is 0 Å². The Hall–Kier alpha value is -4.40. The molecule has 1 amide bonds. The molecule has 1 saturated heterocycles. The van der Waals surface area contributed by atoms with Crippen molar-refractivity contribution in [2.75, 3.05) is 0 Å².